The molecule has 2 aromatic rings. The van der Waals surface area contributed by atoms with Gasteiger partial charge in [0.15, 0.2) is 0 Å². The van der Waals surface area contributed by atoms with E-state index in [-0.39, 0.29) is 24.0 Å². The molecule has 5 heteroatoms. The van der Waals surface area contributed by atoms with Crippen LogP contribution in [-0.4, -0.2) is 48.4 Å². The number of amides is 1. The van der Waals surface area contributed by atoms with E-state index in [2.05, 4.69) is 4.90 Å². The quantitative estimate of drug-likeness (QED) is 0.833. The number of halogens is 2. The lowest BCUT2D eigenvalue weighted by Crippen LogP contribution is -2.49. The summed E-state index contributed by atoms with van der Waals surface area (Å²) >= 11 is 0. The molecule has 0 unspecified atom stereocenters. The number of carbonyl (C=O) groups is 1. The van der Waals surface area contributed by atoms with Crippen molar-refractivity contribution >= 4 is 5.91 Å². The summed E-state index contributed by atoms with van der Waals surface area (Å²) in [6, 6.07) is 13.2. The molecule has 25 heavy (non-hydrogen) atoms. The Bertz CT molecular complexity index is 727. The summed E-state index contributed by atoms with van der Waals surface area (Å²) in [5.41, 5.74) is 1.16. The van der Waals surface area contributed by atoms with Gasteiger partial charge in [-0.25, -0.2) is 8.78 Å². The molecule has 3 nitrogen and oxygen atoms in total. The van der Waals surface area contributed by atoms with Crippen molar-refractivity contribution in [3.8, 4) is 0 Å². The van der Waals surface area contributed by atoms with Gasteiger partial charge in [0.05, 0.1) is 6.42 Å². The van der Waals surface area contributed by atoms with E-state index in [1.807, 2.05) is 12.1 Å². The molecule has 0 aromatic heterocycles. The summed E-state index contributed by atoms with van der Waals surface area (Å²) in [6.45, 7) is 3.56. The molecule has 1 aliphatic rings. The fourth-order valence-electron chi connectivity index (χ4n) is 3.12. The molecule has 0 radical (unpaired) electrons. The predicted octanol–water partition coefficient (Wildman–Crippen LogP) is 2.89. The number of piperazine rings is 1. The molecule has 2 aromatic carbocycles. The van der Waals surface area contributed by atoms with Gasteiger partial charge in [0, 0.05) is 32.7 Å². The van der Waals surface area contributed by atoms with E-state index in [0.29, 0.717) is 25.1 Å². The highest BCUT2D eigenvalue weighted by molar-refractivity contribution is 5.79. The molecule has 1 saturated heterocycles. The molecule has 0 spiro atoms. The van der Waals surface area contributed by atoms with Gasteiger partial charge in [-0.2, -0.15) is 0 Å². The highest BCUT2D eigenvalue weighted by Gasteiger charge is 2.21. The molecule has 0 aliphatic carbocycles. The molecule has 132 valence electrons. The van der Waals surface area contributed by atoms with Crippen molar-refractivity contribution < 1.29 is 13.6 Å². The Kier molecular flexibility index (Phi) is 5.76. The van der Waals surface area contributed by atoms with Crippen LogP contribution in [0.3, 0.4) is 0 Å². The molecule has 1 fully saturated rings. The third-order valence-electron chi connectivity index (χ3n) is 4.68. The first-order valence-electron chi connectivity index (χ1n) is 8.60. The van der Waals surface area contributed by atoms with Crippen LogP contribution in [0.4, 0.5) is 8.78 Å². The van der Waals surface area contributed by atoms with Crippen LogP contribution in [0.15, 0.2) is 48.5 Å². The lowest BCUT2D eigenvalue weighted by atomic mass is 10.1. The molecule has 1 aliphatic heterocycles. The molecular formula is C20H22F2N2O. The van der Waals surface area contributed by atoms with E-state index in [1.54, 1.807) is 29.2 Å². The van der Waals surface area contributed by atoms with Crippen molar-refractivity contribution in [3.63, 3.8) is 0 Å². The van der Waals surface area contributed by atoms with Crippen molar-refractivity contribution in [1.82, 2.24) is 9.80 Å². The van der Waals surface area contributed by atoms with Crippen molar-refractivity contribution in [2.24, 2.45) is 0 Å². The Morgan fingerprint density at radius 1 is 0.840 bits per heavy atom. The summed E-state index contributed by atoms with van der Waals surface area (Å²) in [4.78, 5) is 16.4. The fraction of sp³-hybridized carbons (Fsp3) is 0.350. The Labute approximate surface area is 146 Å². The van der Waals surface area contributed by atoms with Crippen molar-refractivity contribution in [2.75, 3.05) is 32.7 Å². The molecule has 0 bridgehead atoms. The Balaban J connectivity index is 1.46. The first-order valence-corrected chi connectivity index (χ1v) is 8.60. The topological polar surface area (TPSA) is 23.6 Å². The van der Waals surface area contributed by atoms with E-state index in [0.717, 1.165) is 25.2 Å². The molecule has 1 heterocycles. The van der Waals surface area contributed by atoms with E-state index in [4.69, 9.17) is 0 Å². The first kappa shape index (κ1) is 17.5. The number of benzene rings is 2. The van der Waals surface area contributed by atoms with Crippen LogP contribution in [0, 0.1) is 11.6 Å². The number of rotatable bonds is 5. The average molecular weight is 344 g/mol. The monoisotopic (exact) mass is 344 g/mol. The minimum Gasteiger partial charge on any atom is -0.340 e. The largest absolute Gasteiger partial charge is 0.340 e. The summed E-state index contributed by atoms with van der Waals surface area (Å²) in [5.74, 6) is -0.542. The zero-order valence-electron chi connectivity index (χ0n) is 14.1. The second-order valence-electron chi connectivity index (χ2n) is 6.33. The Hall–Kier alpha value is -2.27. The molecule has 0 atom stereocenters. The maximum Gasteiger partial charge on any atom is 0.227 e. The van der Waals surface area contributed by atoms with Crippen LogP contribution in [0.25, 0.3) is 0 Å². The number of hydrogen-bond acceptors (Lipinski definition) is 2. The molecule has 0 saturated carbocycles. The van der Waals surface area contributed by atoms with Gasteiger partial charge in [-0.1, -0.05) is 36.4 Å². The molecule has 0 N–H and O–H groups in total. The average Bonchev–Trinajstić information content (AvgIpc) is 2.63. The number of carbonyl (C=O) groups excluding carboxylic acids is 1. The third-order valence-corrected chi connectivity index (χ3v) is 4.68. The zero-order valence-corrected chi connectivity index (χ0v) is 14.1. The lowest BCUT2D eigenvalue weighted by Gasteiger charge is -2.34. The number of hydrogen-bond donors (Lipinski definition) is 0. The second kappa shape index (κ2) is 8.21. The Morgan fingerprint density at radius 3 is 2.00 bits per heavy atom. The van der Waals surface area contributed by atoms with Crippen LogP contribution >= 0.6 is 0 Å². The lowest BCUT2D eigenvalue weighted by molar-refractivity contribution is -0.132. The zero-order chi connectivity index (χ0) is 17.6. The molecule has 3 rings (SSSR count). The smallest absolute Gasteiger partial charge is 0.227 e. The SMILES string of the molecule is O=C(Cc1ccccc1F)N1CCN(CCc2ccccc2F)CC1. The Morgan fingerprint density at radius 2 is 1.40 bits per heavy atom. The summed E-state index contributed by atoms with van der Waals surface area (Å²) < 4.78 is 27.3. The van der Waals surface area contributed by atoms with Crippen LogP contribution in [0.1, 0.15) is 11.1 Å². The standard InChI is InChI=1S/C20H22F2N2O/c21-18-7-3-1-5-16(18)9-10-23-11-13-24(14-12-23)20(25)15-17-6-2-4-8-19(17)22/h1-8H,9-15H2. The highest BCUT2D eigenvalue weighted by Crippen LogP contribution is 2.12. The van der Waals surface area contributed by atoms with E-state index >= 15 is 0 Å². The van der Waals surface area contributed by atoms with Crippen molar-refractivity contribution in [1.29, 1.82) is 0 Å². The van der Waals surface area contributed by atoms with Gasteiger partial charge in [0.1, 0.15) is 11.6 Å². The fourth-order valence-corrected chi connectivity index (χ4v) is 3.12. The minimum atomic E-state index is -0.334. The van der Waals surface area contributed by atoms with Crippen LogP contribution in [0.5, 0.6) is 0 Å². The summed E-state index contributed by atoms with van der Waals surface area (Å²) in [7, 11) is 0. The minimum absolute atomic E-state index is 0.0427. The summed E-state index contributed by atoms with van der Waals surface area (Å²) in [6.07, 6.45) is 0.762. The van der Waals surface area contributed by atoms with Gasteiger partial charge in [-0.3, -0.25) is 9.69 Å². The summed E-state index contributed by atoms with van der Waals surface area (Å²) in [5, 5.41) is 0. The van der Waals surface area contributed by atoms with Gasteiger partial charge in [0.25, 0.3) is 0 Å². The van der Waals surface area contributed by atoms with Gasteiger partial charge >= 0.3 is 0 Å². The van der Waals surface area contributed by atoms with Crippen LogP contribution < -0.4 is 0 Å². The van der Waals surface area contributed by atoms with Gasteiger partial charge in [-0.15, -0.1) is 0 Å². The van der Waals surface area contributed by atoms with Gasteiger partial charge in [0.2, 0.25) is 5.91 Å². The van der Waals surface area contributed by atoms with Gasteiger partial charge < -0.3 is 4.90 Å². The maximum atomic E-state index is 13.7. The van der Waals surface area contributed by atoms with Crippen molar-refractivity contribution in [3.05, 3.63) is 71.3 Å². The van der Waals surface area contributed by atoms with Gasteiger partial charge in [-0.05, 0) is 29.7 Å². The first-order chi connectivity index (χ1) is 12.1. The molecular weight excluding hydrogens is 322 g/mol. The molecule has 1 amide bonds. The third kappa shape index (κ3) is 4.63. The second-order valence-corrected chi connectivity index (χ2v) is 6.33. The highest BCUT2D eigenvalue weighted by atomic mass is 19.1. The predicted molar refractivity (Wildman–Crippen MR) is 93.2 cm³/mol. The number of nitrogens with zero attached hydrogens (tertiary/aromatic N) is 2. The van der Waals surface area contributed by atoms with E-state index in [9.17, 15) is 13.6 Å². The van der Waals surface area contributed by atoms with E-state index < -0.39 is 0 Å². The normalized spacial score (nSPS) is 15.4. The maximum absolute atomic E-state index is 13.7. The van der Waals surface area contributed by atoms with Crippen LogP contribution in [-0.2, 0) is 17.6 Å². The van der Waals surface area contributed by atoms with Crippen LogP contribution in [0.2, 0.25) is 0 Å². The van der Waals surface area contributed by atoms with Crippen molar-refractivity contribution in [2.45, 2.75) is 12.8 Å². The van der Waals surface area contributed by atoms with E-state index in [1.165, 1.54) is 12.1 Å².